The number of hydrogen-bond acceptors (Lipinski definition) is 3. The molecule has 90 valence electrons. The number of aliphatic hydroxyl groups is 1. The number of benzene rings is 1. The van der Waals surface area contributed by atoms with Gasteiger partial charge in [-0.1, -0.05) is 24.4 Å². The minimum Gasteiger partial charge on any atom is -0.391 e. The average molecular weight is 251 g/mol. The number of nitrogens with zero attached hydrogens (tertiary/aromatic N) is 1. The van der Waals surface area contributed by atoms with Crippen molar-refractivity contribution < 1.29 is 5.11 Å². The highest BCUT2D eigenvalue weighted by Gasteiger charge is 2.22. The summed E-state index contributed by atoms with van der Waals surface area (Å²) in [5.41, 5.74) is 1.33. The van der Waals surface area contributed by atoms with Crippen molar-refractivity contribution in [3.8, 4) is 6.07 Å². The third-order valence-electron chi connectivity index (χ3n) is 3.17. The van der Waals surface area contributed by atoms with Crippen LogP contribution in [0.4, 0.5) is 5.69 Å². The van der Waals surface area contributed by atoms with E-state index in [1.54, 1.807) is 12.1 Å². The molecule has 2 rings (SSSR count). The van der Waals surface area contributed by atoms with Gasteiger partial charge < -0.3 is 10.4 Å². The van der Waals surface area contributed by atoms with E-state index in [1.807, 2.05) is 12.1 Å². The van der Waals surface area contributed by atoms with E-state index in [9.17, 15) is 5.11 Å². The lowest BCUT2D eigenvalue weighted by molar-refractivity contribution is 0.116. The summed E-state index contributed by atoms with van der Waals surface area (Å²) in [4.78, 5) is 0. The van der Waals surface area contributed by atoms with E-state index in [2.05, 4.69) is 5.32 Å². The first-order valence-corrected chi connectivity index (χ1v) is 6.23. The third kappa shape index (κ3) is 2.91. The quantitative estimate of drug-likeness (QED) is 0.849. The number of hydrogen-bond donors (Lipinski definition) is 2. The monoisotopic (exact) mass is 250 g/mol. The highest BCUT2D eigenvalue weighted by molar-refractivity contribution is 6.32. The van der Waals surface area contributed by atoms with Gasteiger partial charge in [0.1, 0.15) is 6.07 Å². The molecule has 0 saturated heterocycles. The Kier molecular flexibility index (Phi) is 3.88. The molecule has 1 saturated carbocycles. The first-order valence-electron chi connectivity index (χ1n) is 5.85. The van der Waals surface area contributed by atoms with E-state index in [4.69, 9.17) is 16.9 Å². The van der Waals surface area contributed by atoms with Crippen molar-refractivity contribution in [1.82, 2.24) is 0 Å². The molecule has 4 heteroatoms. The second kappa shape index (κ2) is 5.39. The average Bonchev–Trinajstić information content (AvgIpc) is 2.32. The minimum atomic E-state index is -0.293. The molecule has 0 radical (unpaired) electrons. The van der Waals surface area contributed by atoms with Gasteiger partial charge in [0.05, 0.1) is 22.7 Å². The summed E-state index contributed by atoms with van der Waals surface area (Å²) in [7, 11) is 0. The summed E-state index contributed by atoms with van der Waals surface area (Å²) in [6, 6.07) is 7.37. The molecular formula is C13H15ClN2O. The fourth-order valence-corrected chi connectivity index (χ4v) is 2.41. The first-order chi connectivity index (χ1) is 8.20. The largest absolute Gasteiger partial charge is 0.391 e. The summed E-state index contributed by atoms with van der Waals surface area (Å²) in [6.07, 6.45) is 3.75. The van der Waals surface area contributed by atoms with Crippen LogP contribution in [0.25, 0.3) is 0 Å². The Morgan fingerprint density at radius 1 is 1.35 bits per heavy atom. The minimum absolute atomic E-state index is 0.0905. The molecule has 1 aromatic rings. The van der Waals surface area contributed by atoms with Gasteiger partial charge in [-0.15, -0.1) is 0 Å². The van der Waals surface area contributed by atoms with Crippen LogP contribution in [0.15, 0.2) is 18.2 Å². The number of nitrogens with one attached hydrogen (secondary N) is 1. The Bertz CT molecular complexity index is 442. The molecule has 0 aromatic heterocycles. The molecule has 1 aliphatic carbocycles. The predicted molar refractivity (Wildman–Crippen MR) is 68.1 cm³/mol. The van der Waals surface area contributed by atoms with E-state index in [-0.39, 0.29) is 12.1 Å². The molecule has 0 unspecified atom stereocenters. The van der Waals surface area contributed by atoms with Crippen molar-refractivity contribution >= 4 is 17.3 Å². The van der Waals surface area contributed by atoms with Gasteiger partial charge in [0.15, 0.2) is 0 Å². The van der Waals surface area contributed by atoms with Gasteiger partial charge in [-0.3, -0.25) is 0 Å². The van der Waals surface area contributed by atoms with Gasteiger partial charge in [-0.05, 0) is 31.0 Å². The molecule has 0 heterocycles. The van der Waals surface area contributed by atoms with E-state index in [0.29, 0.717) is 10.6 Å². The SMILES string of the molecule is N#Cc1ccc(N[C@H]2CCCC[C@@H]2O)cc1Cl. The normalized spacial score (nSPS) is 24.1. The highest BCUT2D eigenvalue weighted by Crippen LogP contribution is 2.25. The van der Waals surface area contributed by atoms with Gasteiger partial charge in [-0.2, -0.15) is 5.26 Å². The number of anilines is 1. The van der Waals surface area contributed by atoms with Crippen molar-refractivity contribution in [1.29, 1.82) is 5.26 Å². The Labute approximate surface area is 106 Å². The van der Waals surface area contributed by atoms with Crippen LogP contribution in [0.3, 0.4) is 0 Å². The number of nitriles is 1. The highest BCUT2D eigenvalue weighted by atomic mass is 35.5. The first kappa shape index (κ1) is 12.2. The van der Waals surface area contributed by atoms with E-state index < -0.39 is 0 Å². The molecule has 2 N–H and O–H groups in total. The van der Waals surface area contributed by atoms with Crippen LogP contribution in [0.2, 0.25) is 5.02 Å². The molecule has 1 aromatic carbocycles. The van der Waals surface area contributed by atoms with Crippen LogP contribution in [0.1, 0.15) is 31.2 Å². The van der Waals surface area contributed by atoms with Crippen LogP contribution < -0.4 is 5.32 Å². The summed E-state index contributed by atoms with van der Waals surface area (Å²) in [6.45, 7) is 0. The second-order valence-electron chi connectivity index (χ2n) is 4.41. The molecular weight excluding hydrogens is 236 g/mol. The van der Waals surface area contributed by atoms with E-state index >= 15 is 0 Å². The molecule has 0 amide bonds. The molecule has 0 bridgehead atoms. The Balaban J connectivity index is 2.08. The summed E-state index contributed by atoms with van der Waals surface area (Å²) < 4.78 is 0. The molecule has 0 spiro atoms. The maximum absolute atomic E-state index is 9.85. The third-order valence-corrected chi connectivity index (χ3v) is 3.48. The zero-order valence-corrected chi connectivity index (χ0v) is 10.2. The van der Waals surface area contributed by atoms with Crippen molar-refractivity contribution in [3.05, 3.63) is 28.8 Å². The zero-order valence-electron chi connectivity index (χ0n) is 9.49. The fourth-order valence-electron chi connectivity index (χ4n) is 2.19. The van der Waals surface area contributed by atoms with Crippen LogP contribution in [-0.2, 0) is 0 Å². The Morgan fingerprint density at radius 3 is 2.76 bits per heavy atom. The van der Waals surface area contributed by atoms with Crippen LogP contribution >= 0.6 is 11.6 Å². The van der Waals surface area contributed by atoms with Crippen molar-refractivity contribution in [2.75, 3.05) is 5.32 Å². The van der Waals surface area contributed by atoms with Gasteiger partial charge in [0.2, 0.25) is 0 Å². The van der Waals surface area contributed by atoms with Crippen molar-refractivity contribution in [2.45, 2.75) is 37.8 Å². The summed E-state index contributed by atoms with van der Waals surface area (Å²) in [5, 5.41) is 22.4. The van der Waals surface area contributed by atoms with Crippen molar-refractivity contribution in [3.63, 3.8) is 0 Å². The lowest BCUT2D eigenvalue weighted by atomic mass is 9.92. The molecule has 1 aliphatic rings. The van der Waals surface area contributed by atoms with Crippen LogP contribution in [0, 0.1) is 11.3 Å². The molecule has 0 aliphatic heterocycles. The summed E-state index contributed by atoms with van der Waals surface area (Å²) in [5.74, 6) is 0. The predicted octanol–water partition coefficient (Wildman–Crippen LogP) is 2.93. The maximum Gasteiger partial charge on any atom is 0.101 e. The number of aliphatic hydroxyl groups excluding tert-OH is 1. The number of halogens is 1. The molecule has 2 atom stereocenters. The lowest BCUT2D eigenvalue weighted by Crippen LogP contribution is -2.36. The topological polar surface area (TPSA) is 56.0 Å². The second-order valence-corrected chi connectivity index (χ2v) is 4.82. The van der Waals surface area contributed by atoms with Crippen molar-refractivity contribution in [2.24, 2.45) is 0 Å². The molecule has 1 fully saturated rings. The smallest absolute Gasteiger partial charge is 0.101 e. The molecule has 3 nitrogen and oxygen atoms in total. The lowest BCUT2D eigenvalue weighted by Gasteiger charge is -2.29. The van der Waals surface area contributed by atoms with Gasteiger partial charge in [-0.25, -0.2) is 0 Å². The Hall–Kier alpha value is -1.24. The van der Waals surface area contributed by atoms with Crippen LogP contribution in [0.5, 0.6) is 0 Å². The van der Waals surface area contributed by atoms with Crippen LogP contribution in [-0.4, -0.2) is 17.3 Å². The van der Waals surface area contributed by atoms with Gasteiger partial charge in [0, 0.05) is 5.69 Å². The number of rotatable bonds is 2. The van der Waals surface area contributed by atoms with E-state index in [0.717, 1.165) is 31.4 Å². The maximum atomic E-state index is 9.85. The zero-order chi connectivity index (χ0) is 12.3. The van der Waals surface area contributed by atoms with Gasteiger partial charge >= 0.3 is 0 Å². The standard InChI is InChI=1S/C13H15ClN2O/c14-11-7-10(6-5-9(11)8-15)16-12-3-1-2-4-13(12)17/h5-7,12-13,16-17H,1-4H2/t12-,13-/m0/s1. The fraction of sp³-hybridized carbons (Fsp3) is 0.462. The summed E-state index contributed by atoms with van der Waals surface area (Å²) >= 11 is 5.96. The Morgan fingerprint density at radius 2 is 2.12 bits per heavy atom. The van der Waals surface area contributed by atoms with Gasteiger partial charge in [0.25, 0.3) is 0 Å². The molecule has 17 heavy (non-hydrogen) atoms. The van der Waals surface area contributed by atoms with E-state index in [1.165, 1.54) is 0 Å².